The lowest BCUT2D eigenvalue weighted by Crippen LogP contribution is -2.46. The molecule has 2 N–H and O–H groups in total. The zero-order valence-electron chi connectivity index (χ0n) is 15.0. The van der Waals surface area contributed by atoms with Crippen molar-refractivity contribution in [3.8, 4) is 0 Å². The molecule has 132 valence electrons. The number of hydrogen-bond donors (Lipinski definition) is 1. The van der Waals surface area contributed by atoms with Crippen molar-refractivity contribution in [2.24, 2.45) is 17.6 Å². The van der Waals surface area contributed by atoms with Gasteiger partial charge in [0, 0.05) is 32.2 Å². The van der Waals surface area contributed by atoms with Gasteiger partial charge in [0.2, 0.25) is 5.91 Å². The van der Waals surface area contributed by atoms with E-state index in [4.69, 9.17) is 5.73 Å². The molecule has 0 aromatic heterocycles. The molecule has 1 saturated carbocycles. The summed E-state index contributed by atoms with van der Waals surface area (Å²) in [6.45, 7) is 7.91. The summed E-state index contributed by atoms with van der Waals surface area (Å²) in [4.78, 5) is 17.1. The highest BCUT2D eigenvalue weighted by Gasteiger charge is 2.35. The van der Waals surface area contributed by atoms with E-state index < -0.39 is 0 Å². The smallest absolute Gasteiger partial charge is 0.239 e. The summed E-state index contributed by atoms with van der Waals surface area (Å²) >= 11 is 0. The Bertz CT molecular complexity index is 541. The molecule has 1 saturated heterocycles. The van der Waals surface area contributed by atoms with E-state index in [9.17, 15) is 4.79 Å². The molecule has 1 heterocycles. The highest BCUT2D eigenvalue weighted by Crippen LogP contribution is 2.30. The van der Waals surface area contributed by atoms with Crippen LogP contribution >= 0.6 is 0 Å². The highest BCUT2D eigenvalue weighted by atomic mass is 16.2. The van der Waals surface area contributed by atoms with Crippen LogP contribution in [0.3, 0.4) is 0 Å². The Labute approximate surface area is 146 Å². The minimum atomic E-state index is -0.354. The maximum absolute atomic E-state index is 12.4. The minimum absolute atomic E-state index is 0.133. The molecule has 1 aliphatic heterocycles. The Hall–Kier alpha value is -1.39. The van der Waals surface area contributed by atoms with Gasteiger partial charge in [0.15, 0.2) is 0 Å². The molecule has 2 aliphatic rings. The van der Waals surface area contributed by atoms with Gasteiger partial charge in [-0.2, -0.15) is 0 Å². The minimum Gasteiger partial charge on any atom is -0.341 e. The lowest BCUT2D eigenvalue weighted by atomic mass is 10.0. The average molecular weight is 329 g/mol. The van der Waals surface area contributed by atoms with Crippen molar-refractivity contribution in [3.05, 3.63) is 35.9 Å². The standard InChI is InChI=1S/C20H31N3O/c1-15(2)19(21)20(24)22-11-10-17(13-22)14-23(18-8-9-18)12-16-6-4-3-5-7-16/h3-7,15,17-19H,8-14,21H2,1-2H3. The van der Waals surface area contributed by atoms with Crippen LogP contribution in [-0.2, 0) is 11.3 Å². The second kappa shape index (κ2) is 7.66. The molecular formula is C20H31N3O. The number of likely N-dealkylation sites (tertiary alicyclic amines) is 1. The number of benzene rings is 1. The first-order valence-electron chi connectivity index (χ1n) is 9.37. The largest absolute Gasteiger partial charge is 0.341 e. The second-order valence-electron chi connectivity index (χ2n) is 7.85. The lowest BCUT2D eigenvalue weighted by molar-refractivity contribution is -0.132. The number of rotatable bonds is 7. The molecule has 1 aromatic rings. The fourth-order valence-corrected chi connectivity index (χ4v) is 3.61. The van der Waals surface area contributed by atoms with Crippen molar-refractivity contribution in [2.45, 2.75) is 51.7 Å². The van der Waals surface area contributed by atoms with E-state index in [-0.39, 0.29) is 17.9 Å². The first-order valence-corrected chi connectivity index (χ1v) is 9.37. The van der Waals surface area contributed by atoms with Gasteiger partial charge in [-0.25, -0.2) is 0 Å². The Kier molecular flexibility index (Phi) is 5.57. The Morgan fingerprint density at radius 3 is 2.58 bits per heavy atom. The normalized spacial score (nSPS) is 22.4. The van der Waals surface area contributed by atoms with E-state index >= 15 is 0 Å². The van der Waals surface area contributed by atoms with Gasteiger partial charge < -0.3 is 10.6 Å². The Morgan fingerprint density at radius 2 is 1.96 bits per heavy atom. The zero-order chi connectivity index (χ0) is 17.1. The van der Waals surface area contributed by atoms with Crippen LogP contribution in [0.15, 0.2) is 30.3 Å². The third kappa shape index (κ3) is 4.37. The third-order valence-electron chi connectivity index (χ3n) is 5.39. The SMILES string of the molecule is CC(C)C(N)C(=O)N1CCC(CN(Cc2ccccc2)C2CC2)C1. The van der Waals surface area contributed by atoms with E-state index in [1.165, 1.54) is 18.4 Å². The van der Waals surface area contributed by atoms with E-state index in [0.29, 0.717) is 5.92 Å². The van der Waals surface area contributed by atoms with Gasteiger partial charge in [-0.15, -0.1) is 0 Å². The molecule has 4 heteroatoms. The number of amides is 1. The van der Waals surface area contributed by atoms with Crippen LogP contribution in [0.1, 0.15) is 38.7 Å². The van der Waals surface area contributed by atoms with Crippen LogP contribution in [0.2, 0.25) is 0 Å². The van der Waals surface area contributed by atoms with Crippen molar-refractivity contribution in [2.75, 3.05) is 19.6 Å². The van der Waals surface area contributed by atoms with Crippen molar-refractivity contribution >= 4 is 5.91 Å². The van der Waals surface area contributed by atoms with E-state index in [1.807, 2.05) is 18.7 Å². The van der Waals surface area contributed by atoms with Crippen LogP contribution in [0.5, 0.6) is 0 Å². The second-order valence-corrected chi connectivity index (χ2v) is 7.85. The summed E-state index contributed by atoms with van der Waals surface area (Å²) in [5.41, 5.74) is 7.43. The van der Waals surface area contributed by atoms with Crippen LogP contribution < -0.4 is 5.73 Å². The lowest BCUT2D eigenvalue weighted by Gasteiger charge is -2.26. The van der Waals surface area contributed by atoms with E-state index in [1.54, 1.807) is 0 Å². The van der Waals surface area contributed by atoms with Crippen molar-refractivity contribution in [1.82, 2.24) is 9.80 Å². The number of nitrogens with zero attached hydrogens (tertiary/aromatic N) is 2. The molecule has 2 fully saturated rings. The van der Waals surface area contributed by atoms with Gasteiger partial charge in [0.25, 0.3) is 0 Å². The zero-order valence-corrected chi connectivity index (χ0v) is 15.0. The van der Waals surface area contributed by atoms with Crippen LogP contribution in [-0.4, -0.2) is 47.4 Å². The summed E-state index contributed by atoms with van der Waals surface area (Å²) in [6, 6.07) is 11.1. The summed E-state index contributed by atoms with van der Waals surface area (Å²) in [5, 5.41) is 0. The number of carbonyl (C=O) groups excluding carboxylic acids is 1. The predicted molar refractivity (Wildman–Crippen MR) is 97.4 cm³/mol. The van der Waals surface area contributed by atoms with Crippen molar-refractivity contribution < 1.29 is 4.79 Å². The van der Waals surface area contributed by atoms with Gasteiger partial charge in [-0.05, 0) is 36.7 Å². The summed E-state index contributed by atoms with van der Waals surface area (Å²) in [6.07, 6.45) is 3.75. The molecule has 24 heavy (non-hydrogen) atoms. The molecule has 4 nitrogen and oxygen atoms in total. The fourth-order valence-electron chi connectivity index (χ4n) is 3.61. The number of carbonyl (C=O) groups is 1. The third-order valence-corrected chi connectivity index (χ3v) is 5.39. The topological polar surface area (TPSA) is 49.6 Å². The van der Waals surface area contributed by atoms with Gasteiger partial charge in [-0.3, -0.25) is 9.69 Å². The van der Waals surface area contributed by atoms with Crippen LogP contribution in [0.4, 0.5) is 0 Å². The molecule has 3 rings (SSSR count). The first kappa shape index (κ1) is 17.4. The van der Waals surface area contributed by atoms with E-state index in [0.717, 1.165) is 38.6 Å². The summed E-state index contributed by atoms with van der Waals surface area (Å²) in [5.74, 6) is 0.920. The highest BCUT2D eigenvalue weighted by molar-refractivity contribution is 5.82. The van der Waals surface area contributed by atoms with Gasteiger partial charge in [0.1, 0.15) is 0 Å². The van der Waals surface area contributed by atoms with Gasteiger partial charge in [0.05, 0.1) is 6.04 Å². The van der Waals surface area contributed by atoms with Gasteiger partial charge >= 0.3 is 0 Å². The number of hydrogen-bond acceptors (Lipinski definition) is 3. The molecule has 1 aliphatic carbocycles. The molecule has 0 spiro atoms. The van der Waals surface area contributed by atoms with Gasteiger partial charge in [-0.1, -0.05) is 44.2 Å². The fraction of sp³-hybridized carbons (Fsp3) is 0.650. The van der Waals surface area contributed by atoms with Crippen LogP contribution in [0.25, 0.3) is 0 Å². The number of nitrogens with two attached hydrogens (primary N) is 1. The summed E-state index contributed by atoms with van der Waals surface area (Å²) in [7, 11) is 0. The quantitative estimate of drug-likeness (QED) is 0.836. The maximum Gasteiger partial charge on any atom is 0.239 e. The Balaban J connectivity index is 1.54. The van der Waals surface area contributed by atoms with Crippen molar-refractivity contribution in [3.63, 3.8) is 0 Å². The summed E-state index contributed by atoms with van der Waals surface area (Å²) < 4.78 is 0. The van der Waals surface area contributed by atoms with Crippen LogP contribution in [0, 0.1) is 11.8 Å². The molecule has 2 atom stereocenters. The first-order chi connectivity index (χ1) is 11.5. The molecular weight excluding hydrogens is 298 g/mol. The maximum atomic E-state index is 12.4. The predicted octanol–water partition coefficient (Wildman–Crippen LogP) is 2.48. The molecule has 1 amide bonds. The molecule has 0 bridgehead atoms. The van der Waals surface area contributed by atoms with Crippen molar-refractivity contribution in [1.29, 1.82) is 0 Å². The molecule has 2 unspecified atom stereocenters. The average Bonchev–Trinajstić information content (AvgIpc) is 3.33. The Morgan fingerprint density at radius 1 is 1.25 bits per heavy atom. The van der Waals surface area contributed by atoms with E-state index in [2.05, 4.69) is 35.2 Å². The molecule has 0 radical (unpaired) electrons. The monoisotopic (exact) mass is 329 g/mol. The molecule has 1 aromatic carbocycles.